The largest absolute Gasteiger partial charge is 0.323 e. The summed E-state index contributed by atoms with van der Waals surface area (Å²) in [6, 6.07) is 7.95. The predicted octanol–water partition coefficient (Wildman–Crippen LogP) is 2.31. The number of hydrogen-bond acceptors (Lipinski definition) is 2. The van der Waals surface area contributed by atoms with E-state index in [-0.39, 0.29) is 0 Å². The average molecular weight is 164 g/mol. The zero-order valence-corrected chi connectivity index (χ0v) is 7.91. The zero-order valence-electron chi connectivity index (χ0n) is 7.91. The number of aryl methyl sites for hydroxylation is 1. The number of benzene rings is 1. The smallest absolute Gasteiger partial charge is 0.0540 e. The Morgan fingerprint density at radius 2 is 1.83 bits per heavy atom. The molecule has 2 N–H and O–H groups in total. The van der Waals surface area contributed by atoms with Gasteiger partial charge in [-0.1, -0.05) is 38.1 Å². The lowest BCUT2D eigenvalue weighted by Crippen LogP contribution is -1.88. The molecule has 0 fully saturated rings. The summed E-state index contributed by atoms with van der Waals surface area (Å²) in [5, 5.41) is 3.44. The minimum absolute atomic E-state index is 1.07. The van der Waals surface area contributed by atoms with Crippen molar-refractivity contribution in [1.82, 2.24) is 0 Å². The Balaban J connectivity index is 0.000000561. The van der Waals surface area contributed by atoms with Gasteiger partial charge in [0.2, 0.25) is 0 Å². The molecule has 0 bridgehead atoms. The summed E-state index contributed by atoms with van der Waals surface area (Å²) in [5.74, 6) is 5.00. The molecule has 1 aromatic carbocycles. The fourth-order valence-electron chi connectivity index (χ4n) is 0.812. The second kappa shape index (κ2) is 6.40. The summed E-state index contributed by atoms with van der Waals surface area (Å²) < 4.78 is 0. The number of hydrogen-bond donors (Lipinski definition) is 1. The Labute approximate surface area is 74.1 Å². The van der Waals surface area contributed by atoms with Crippen LogP contribution in [0.25, 0.3) is 0 Å². The van der Waals surface area contributed by atoms with Crippen molar-refractivity contribution in [2.45, 2.75) is 20.8 Å². The second-order valence-electron chi connectivity index (χ2n) is 2.13. The van der Waals surface area contributed by atoms with Crippen LogP contribution in [0.2, 0.25) is 0 Å². The molecule has 12 heavy (non-hydrogen) atoms. The van der Waals surface area contributed by atoms with E-state index in [2.05, 4.69) is 5.10 Å². The number of nitrogens with two attached hydrogens (primary N) is 1. The van der Waals surface area contributed by atoms with Crippen molar-refractivity contribution < 1.29 is 0 Å². The molecule has 0 atom stereocenters. The van der Waals surface area contributed by atoms with Crippen LogP contribution in [0.5, 0.6) is 0 Å². The summed E-state index contributed by atoms with van der Waals surface area (Å²) in [4.78, 5) is 0. The van der Waals surface area contributed by atoms with Gasteiger partial charge < -0.3 is 5.84 Å². The van der Waals surface area contributed by atoms with Gasteiger partial charge in [-0.05, 0) is 18.1 Å². The summed E-state index contributed by atoms with van der Waals surface area (Å²) in [6.45, 7) is 6.02. The van der Waals surface area contributed by atoms with E-state index in [0.717, 1.165) is 5.56 Å². The number of hydrazone groups is 1. The highest BCUT2D eigenvalue weighted by atomic mass is 15.1. The molecule has 66 valence electrons. The van der Waals surface area contributed by atoms with E-state index in [4.69, 9.17) is 5.84 Å². The molecule has 0 heterocycles. The highest BCUT2D eigenvalue weighted by Crippen LogP contribution is 2.02. The van der Waals surface area contributed by atoms with E-state index < -0.39 is 0 Å². The van der Waals surface area contributed by atoms with Gasteiger partial charge in [0.1, 0.15) is 0 Å². The van der Waals surface area contributed by atoms with Gasteiger partial charge in [0, 0.05) is 0 Å². The highest BCUT2D eigenvalue weighted by Gasteiger charge is 1.89. The first-order valence-corrected chi connectivity index (χ1v) is 4.13. The monoisotopic (exact) mass is 164 g/mol. The zero-order chi connectivity index (χ0) is 9.40. The molecule has 0 unspecified atom stereocenters. The lowest BCUT2D eigenvalue weighted by molar-refractivity contribution is 1.26. The lowest BCUT2D eigenvalue weighted by Gasteiger charge is -1.95. The van der Waals surface area contributed by atoms with Crippen LogP contribution in [-0.2, 0) is 0 Å². The first-order valence-electron chi connectivity index (χ1n) is 4.13. The Kier molecular flexibility index (Phi) is 5.70. The molecular formula is C10H16N2. The minimum Gasteiger partial charge on any atom is -0.323 e. The molecule has 1 rings (SSSR count). The van der Waals surface area contributed by atoms with Gasteiger partial charge in [-0.3, -0.25) is 0 Å². The molecule has 2 nitrogen and oxygen atoms in total. The summed E-state index contributed by atoms with van der Waals surface area (Å²) >= 11 is 0. The number of rotatable bonds is 1. The van der Waals surface area contributed by atoms with Gasteiger partial charge in [-0.15, -0.1) is 0 Å². The van der Waals surface area contributed by atoms with Crippen molar-refractivity contribution >= 4 is 6.21 Å². The Morgan fingerprint density at radius 3 is 2.33 bits per heavy atom. The molecular weight excluding hydrogens is 148 g/mol. The van der Waals surface area contributed by atoms with E-state index in [1.165, 1.54) is 5.56 Å². The molecule has 1 aromatic rings. The van der Waals surface area contributed by atoms with Gasteiger partial charge >= 0.3 is 0 Å². The summed E-state index contributed by atoms with van der Waals surface area (Å²) in [7, 11) is 0. The van der Waals surface area contributed by atoms with Crippen LogP contribution in [-0.4, -0.2) is 6.21 Å². The standard InChI is InChI=1S/C8H10N2.C2H6/c1-7-4-2-3-5-8(7)6-10-9;1-2/h2-6H,9H2,1H3;1-2H3/b10-6-;. The maximum Gasteiger partial charge on any atom is 0.0540 e. The summed E-state index contributed by atoms with van der Waals surface area (Å²) in [5.41, 5.74) is 2.27. The van der Waals surface area contributed by atoms with Gasteiger partial charge in [0.15, 0.2) is 0 Å². The van der Waals surface area contributed by atoms with Crippen LogP contribution in [0, 0.1) is 6.92 Å². The van der Waals surface area contributed by atoms with Gasteiger partial charge in [0.25, 0.3) is 0 Å². The predicted molar refractivity (Wildman–Crippen MR) is 54.3 cm³/mol. The fraction of sp³-hybridized carbons (Fsp3) is 0.300. The fourth-order valence-corrected chi connectivity index (χ4v) is 0.812. The normalized spacial score (nSPS) is 9.25. The maximum atomic E-state index is 5.00. The van der Waals surface area contributed by atoms with Crippen LogP contribution in [0.1, 0.15) is 25.0 Å². The third-order valence-corrected chi connectivity index (χ3v) is 1.40. The van der Waals surface area contributed by atoms with Crippen LogP contribution in [0.3, 0.4) is 0 Å². The van der Waals surface area contributed by atoms with Crippen molar-refractivity contribution in [2.75, 3.05) is 0 Å². The van der Waals surface area contributed by atoms with Crippen molar-refractivity contribution in [3.8, 4) is 0 Å². The van der Waals surface area contributed by atoms with E-state index in [1.54, 1.807) is 6.21 Å². The third kappa shape index (κ3) is 3.19. The van der Waals surface area contributed by atoms with E-state index >= 15 is 0 Å². The molecule has 0 spiro atoms. The molecule has 0 aliphatic rings. The van der Waals surface area contributed by atoms with E-state index in [9.17, 15) is 0 Å². The quantitative estimate of drug-likeness (QED) is 0.386. The van der Waals surface area contributed by atoms with Crippen LogP contribution >= 0.6 is 0 Å². The molecule has 2 heteroatoms. The molecule has 0 radical (unpaired) electrons. The SMILES string of the molecule is CC.Cc1ccccc1/C=N\N. The Morgan fingerprint density at radius 1 is 1.25 bits per heavy atom. The molecule has 0 aliphatic carbocycles. The maximum absolute atomic E-state index is 5.00. The van der Waals surface area contributed by atoms with Crippen LogP contribution in [0.15, 0.2) is 29.4 Å². The highest BCUT2D eigenvalue weighted by molar-refractivity contribution is 5.81. The molecule has 0 aliphatic heterocycles. The minimum atomic E-state index is 1.07. The third-order valence-electron chi connectivity index (χ3n) is 1.40. The van der Waals surface area contributed by atoms with Gasteiger partial charge in [-0.2, -0.15) is 5.10 Å². The van der Waals surface area contributed by atoms with E-state index in [1.807, 2.05) is 45.0 Å². The van der Waals surface area contributed by atoms with E-state index in [0.29, 0.717) is 0 Å². The molecule has 0 aromatic heterocycles. The second-order valence-corrected chi connectivity index (χ2v) is 2.13. The summed E-state index contributed by atoms with van der Waals surface area (Å²) in [6.07, 6.45) is 1.65. The molecule has 0 saturated carbocycles. The van der Waals surface area contributed by atoms with Gasteiger partial charge in [-0.25, -0.2) is 0 Å². The molecule has 0 saturated heterocycles. The molecule has 0 amide bonds. The number of nitrogens with zero attached hydrogens (tertiary/aromatic N) is 1. The lowest BCUT2D eigenvalue weighted by atomic mass is 10.1. The average Bonchev–Trinajstić information content (AvgIpc) is 2.13. The Bertz CT molecular complexity index is 241. The van der Waals surface area contributed by atoms with Crippen LogP contribution in [0.4, 0.5) is 0 Å². The topological polar surface area (TPSA) is 38.4 Å². The van der Waals surface area contributed by atoms with Crippen LogP contribution < -0.4 is 5.84 Å². The first kappa shape index (κ1) is 10.7. The first-order chi connectivity index (χ1) is 5.84. The van der Waals surface area contributed by atoms with Crippen molar-refractivity contribution in [1.29, 1.82) is 0 Å². The van der Waals surface area contributed by atoms with Crippen molar-refractivity contribution in [2.24, 2.45) is 10.9 Å². The van der Waals surface area contributed by atoms with Gasteiger partial charge in [0.05, 0.1) is 6.21 Å². The van der Waals surface area contributed by atoms with Crippen molar-refractivity contribution in [3.05, 3.63) is 35.4 Å². The van der Waals surface area contributed by atoms with Crippen molar-refractivity contribution in [3.63, 3.8) is 0 Å². The Hall–Kier alpha value is -1.31.